The number of hydrogen-bond acceptors (Lipinski definition) is 3. The second-order valence-corrected chi connectivity index (χ2v) is 6.95. The van der Waals surface area contributed by atoms with E-state index in [1.54, 1.807) is 0 Å². The highest BCUT2D eigenvalue weighted by Gasteiger charge is 2.28. The van der Waals surface area contributed by atoms with Crippen molar-refractivity contribution in [3.05, 3.63) is 35.6 Å². The fourth-order valence-electron chi connectivity index (χ4n) is 2.35. The lowest BCUT2D eigenvalue weighted by Crippen LogP contribution is -2.42. The molecule has 1 unspecified atom stereocenters. The Morgan fingerprint density at radius 2 is 1.95 bits per heavy atom. The molecule has 0 amide bonds. The maximum absolute atomic E-state index is 12.8. The SMILES string of the molecule is Cl.NCC1CCCN(S(=O)(=O)Cc2ccc(F)cc2)C1. The van der Waals surface area contributed by atoms with Crippen LogP contribution in [0.1, 0.15) is 18.4 Å². The average molecular weight is 323 g/mol. The van der Waals surface area contributed by atoms with Gasteiger partial charge in [0.05, 0.1) is 5.75 Å². The summed E-state index contributed by atoms with van der Waals surface area (Å²) in [4.78, 5) is 0. The highest BCUT2D eigenvalue weighted by atomic mass is 35.5. The first-order chi connectivity index (χ1) is 9.01. The molecular formula is C13H20ClFN2O2S. The Balaban J connectivity index is 0.00000200. The van der Waals surface area contributed by atoms with Gasteiger partial charge in [0, 0.05) is 13.1 Å². The molecule has 1 aliphatic heterocycles. The molecule has 2 rings (SSSR count). The largest absolute Gasteiger partial charge is 0.330 e. The van der Waals surface area contributed by atoms with Crippen molar-refractivity contribution in [3.63, 3.8) is 0 Å². The maximum Gasteiger partial charge on any atom is 0.218 e. The zero-order valence-corrected chi connectivity index (χ0v) is 12.8. The molecule has 2 N–H and O–H groups in total. The van der Waals surface area contributed by atoms with E-state index in [4.69, 9.17) is 5.73 Å². The molecule has 0 aromatic heterocycles. The fraction of sp³-hybridized carbons (Fsp3) is 0.538. The van der Waals surface area contributed by atoms with Gasteiger partial charge in [0.25, 0.3) is 0 Å². The lowest BCUT2D eigenvalue weighted by molar-refractivity contribution is 0.271. The van der Waals surface area contributed by atoms with Gasteiger partial charge in [-0.1, -0.05) is 12.1 Å². The molecule has 1 fully saturated rings. The number of nitrogens with two attached hydrogens (primary N) is 1. The molecule has 7 heteroatoms. The summed E-state index contributed by atoms with van der Waals surface area (Å²) >= 11 is 0. The molecule has 20 heavy (non-hydrogen) atoms. The van der Waals surface area contributed by atoms with E-state index in [0.717, 1.165) is 12.8 Å². The lowest BCUT2D eigenvalue weighted by atomic mass is 10.0. The van der Waals surface area contributed by atoms with E-state index in [9.17, 15) is 12.8 Å². The van der Waals surface area contributed by atoms with Gasteiger partial charge in [-0.05, 0) is 43.0 Å². The van der Waals surface area contributed by atoms with Crippen LogP contribution in [0.15, 0.2) is 24.3 Å². The van der Waals surface area contributed by atoms with Gasteiger partial charge in [0.1, 0.15) is 5.82 Å². The van der Waals surface area contributed by atoms with Gasteiger partial charge in [-0.25, -0.2) is 17.1 Å². The van der Waals surface area contributed by atoms with Crippen LogP contribution in [0.25, 0.3) is 0 Å². The minimum atomic E-state index is -3.34. The standard InChI is InChI=1S/C13H19FN2O2S.ClH/c14-13-5-3-11(4-6-13)10-19(17,18)16-7-1-2-12(8-15)9-16;/h3-6,12H,1-2,7-10,15H2;1H. The molecule has 114 valence electrons. The quantitative estimate of drug-likeness (QED) is 0.918. The third-order valence-corrected chi connectivity index (χ3v) is 5.29. The molecule has 1 saturated heterocycles. The summed E-state index contributed by atoms with van der Waals surface area (Å²) in [6, 6.07) is 5.59. The van der Waals surface area contributed by atoms with Crippen LogP contribution in [-0.4, -0.2) is 32.4 Å². The maximum atomic E-state index is 12.8. The summed E-state index contributed by atoms with van der Waals surface area (Å²) in [7, 11) is -3.34. The highest BCUT2D eigenvalue weighted by Crippen LogP contribution is 2.20. The van der Waals surface area contributed by atoms with Crippen LogP contribution in [0, 0.1) is 11.7 Å². The predicted octanol–water partition coefficient (Wildman–Crippen LogP) is 1.75. The zero-order chi connectivity index (χ0) is 13.9. The van der Waals surface area contributed by atoms with E-state index in [-0.39, 0.29) is 29.9 Å². The first kappa shape index (κ1) is 17.4. The number of nitrogens with zero attached hydrogens (tertiary/aromatic N) is 1. The van der Waals surface area contributed by atoms with Crippen LogP contribution in [-0.2, 0) is 15.8 Å². The van der Waals surface area contributed by atoms with Crippen LogP contribution in [0.5, 0.6) is 0 Å². The van der Waals surface area contributed by atoms with Crippen LogP contribution < -0.4 is 5.73 Å². The fourth-order valence-corrected chi connectivity index (χ4v) is 4.00. The van der Waals surface area contributed by atoms with Crippen molar-refractivity contribution in [2.75, 3.05) is 19.6 Å². The number of rotatable bonds is 4. The van der Waals surface area contributed by atoms with Crippen molar-refractivity contribution in [2.45, 2.75) is 18.6 Å². The van der Waals surface area contributed by atoms with E-state index in [1.807, 2.05) is 0 Å². The molecule has 1 atom stereocenters. The Morgan fingerprint density at radius 1 is 1.30 bits per heavy atom. The Bertz CT molecular complexity index is 522. The second kappa shape index (κ2) is 7.36. The van der Waals surface area contributed by atoms with Gasteiger partial charge >= 0.3 is 0 Å². The van der Waals surface area contributed by atoms with E-state index in [1.165, 1.54) is 28.6 Å². The van der Waals surface area contributed by atoms with Gasteiger partial charge in [0.15, 0.2) is 0 Å². The van der Waals surface area contributed by atoms with E-state index in [0.29, 0.717) is 25.2 Å². The summed E-state index contributed by atoms with van der Waals surface area (Å²) in [6.45, 7) is 1.57. The molecule has 0 radical (unpaired) electrons. The predicted molar refractivity (Wildman–Crippen MR) is 79.6 cm³/mol. The molecule has 0 bridgehead atoms. The number of halogens is 2. The summed E-state index contributed by atoms with van der Waals surface area (Å²) in [5.41, 5.74) is 6.22. The van der Waals surface area contributed by atoms with Crippen LogP contribution in [0.2, 0.25) is 0 Å². The first-order valence-corrected chi connectivity index (χ1v) is 8.04. The second-order valence-electron chi connectivity index (χ2n) is 4.98. The highest BCUT2D eigenvalue weighted by molar-refractivity contribution is 7.88. The topological polar surface area (TPSA) is 63.4 Å². The Labute approximate surface area is 125 Å². The van der Waals surface area contributed by atoms with Crippen molar-refractivity contribution in [1.82, 2.24) is 4.31 Å². The molecule has 0 saturated carbocycles. The van der Waals surface area contributed by atoms with Gasteiger partial charge < -0.3 is 5.73 Å². The van der Waals surface area contributed by atoms with Gasteiger partial charge in [-0.2, -0.15) is 0 Å². The molecule has 0 aliphatic carbocycles. The van der Waals surface area contributed by atoms with E-state index in [2.05, 4.69) is 0 Å². The molecular weight excluding hydrogens is 303 g/mol. The van der Waals surface area contributed by atoms with Crippen molar-refractivity contribution in [2.24, 2.45) is 11.7 Å². The van der Waals surface area contributed by atoms with Crippen LogP contribution in [0.3, 0.4) is 0 Å². The molecule has 4 nitrogen and oxygen atoms in total. The molecule has 1 aromatic rings. The molecule has 1 aliphatic rings. The third kappa shape index (κ3) is 4.41. The van der Waals surface area contributed by atoms with Crippen molar-refractivity contribution in [3.8, 4) is 0 Å². The Hall–Kier alpha value is -0.690. The smallest absolute Gasteiger partial charge is 0.218 e. The van der Waals surface area contributed by atoms with Crippen molar-refractivity contribution >= 4 is 22.4 Å². The Morgan fingerprint density at radius 3 is 2.55 bits per heavy atom. The van der Waals surface area contributed by atoms with Gasteiger partial charge in [0.2, 0.25) is 10.0 Å². The van der Waals surface area contributed by atoms with Crippen LogP contribution in [0.4, 0.5) is 4.39 Å². The number of hydrogen-bond donors (Lipinski definition) is 1. The summed E-state index contributed by atoms with van der Waals surface area (Å²) in [6.07, 6.45) is 1.84. The summed E-state index contributed by atoms with van der Waals surface area (Å²) in [5.74, 6) is -0.191. The van der Waals surface area contributed by atoms with Crippen LogP contribution >= 0.6 is 12.4 Å². The number of sulfonamides is 1. The Kier molecular flexibility index (Phi) is 6.39. The normalized spacial score (nSPS) is 20.4. The molecule has 0 spiro atoms. The van der Waals surface area contributed by atoms with E-state index < -0.39 is 10.0 Å². The van der Waals surface area contributed by atoms with E-state index >= 15 is 0 Å². The van der Waals surface area contributed by atoms with Gasteiger partial charge in [-0.3, -0.25) is 0 Å². The van der Waals surface area contributed by atoms with Crippen molar-refractivity contribution < 1.29 is 12.8 Å². The van der Waals surface area contributed by atoms with Gasteiger partial charge in [-0.15, -0.1) is 12.4 Å². The average Bonchev–Trinajstić information content (AvgIpc) is 2.41. The number of piperidine rings is 1. The third-order valence-electron chi connectivity index (χ3n) is 3.47. The molecule has 1 aromatic carbocycles. The summed E-state index contributed by atoms with van der Waals surface area (Å²) < 4.78 is 38.9. The minimum absolute atomic E-state index is 0. The zero-order valence-electron chi connectivity index (χ0n) is 11.2. The monoisotopic (exact) mass is 322 g/mol. The molecule has 1 heterocycles. The minimum Gasteiger partial charge on any atom is -0.330 e. The number of benzene rings is 1. The lowest BCUT2D eigenvalue weighted by Gasteiger charge is -2.31. The first-order valence-electron chi connectivity index (χ1n) is 6.43. The summed E-state index contributed by atoms with van der Waals surface area (Å²) in [5, 5.41) is 0. The van der Waals surface area contributed by atoms with Crippen molar-refractivity contribution in [1.29, 1.82) is 0 Å².